The van der Waals surface area contributed by atoms with Crippen molar-refractivity contribution in [3.8, 4) is 22.1 Å². The molecule has 2 aromatic carbocycles. The van der Waals surface area contributed by atoms with Crippen LogP contribution in [0.25, 0.3) is 20.8 Å². The fraction of sp³-hybridized carbons (Fsp3) is 0.111. The second-order valence-electron chi connectivity index (χ2n) is 8.28. The first kappa shape index (κ1) is 25.1. The number of aliphatic hydroxyl groups is 1. The summed E-state index contributed by atoms with van der Waals surface area (Å²) >= 11 is 1.40. The third-order valence-electron chi connectivity index (χ3n) is 5.60. The van der Waals surface area contributed by atoms with Crippen LogP contribution in [0.2, 0.25) is 0 Å². The van der Waals surface area contributed by atoms with Crippen molar-refractivity contribution in [2.45, 2.75) is 13.0 Å². The van der Waals surface area contributed by atoms with E-state index in [1.165, 1.54) is 34.4 Å². The van der Waals surface area contributed by atoms with Gasteiger partial charge in [0.05, 0.1) is 39.4 Å². The number of anilines is 2. The van der Waals surface area contributed by atoms with E-state index in [-0.39, 0.29) is 18.0 Å². The molecule has 0 fully saturated rings. The van der Waals surface area contributed by atoms with E-state index in [4.69, 9.17) is 15.6 Å². The highest BCUT2D eigenvalue weighted by Crippen LogP contribution is 2.40. The molecular formula is C27H22FN5O4S. The van der Waals surface area contributed by atoms with Crippen LogP contribution in [0.15, 0.2) is 79.4 Å². The highest BCUT2D eigenvalue weighted by atomic mass is 32.1. The first-order valence-electron chi connectivity index (χ1n) is 11.6. The molecule has 38 heavy (non-hydrogen) atoms. The number of carbonyl (C=O) groups excluding carboxylic acids is 2. The molecule has 0 unspecified atom stereocenters. The maximum absolute atomic E-state index is 15.3. The number of rotatable bonds is 9. The minimum Gasteiger partial charge on any atom is -0.453 e. The number of ether oxygens (including phenoxy) is 1. The number of nitrogens with zero attached hydrogens (tertiary/aromatic N) is 4. The molecule has 0 aliphatic carbocycles. The van der Waals surface area contributed by atoms with E-state index in [0.29, 0.717) is 28.2 Å². The van der Waals surface area contributed by atoms with Crippen molar-refractivity contribution in [3.05, 3.63) is 85.2 Å². The molecule has 3 heterocycles. The predicted molar refractivity (Wildman–Crippen MR) is 142 cm³/mol. The Balaban J connectivity index is 1.45. The monoisotopic (exact) mass is 531 g/mol. The van der Waals surface area contributed by atoms with Crippen LogP contribution in [0.5, 0.6) is 11.5 Å². The van der Waals surface area contributed by atoms with Gasteiger partial charge in [0, 0.05) is 36.8 Å². The van der Waals surface area contributed by atoms with Crippen LogP contribution in [0, 0.1) is 5.82 Å². The Kier molecular flexibility index (Phi) is 7.11. The molecule has 0 aliphatic rings. The Morgan fingerprint density at radius 1 is 1.05 bits per heavy atom. The van der Waals surface area contributed by atoms with Gasteiger partial charge < -0.3 is 20.1 Å². The number of pyridine rings is 1. The number of amides is 2. The topological polar surface area (TPSA) is 124 Å². The number of para-hydroxylation sites is 1. The van der Waals surface area contributed by atoms with Gasteiger partial charge in [-0.3, -0.25) is 19.5 Å². The van der Waals surface area contributed by atoms with Crippen molar-refractivity contribution >= 4 is 44.7 Å². The van der Waals surface area contributed by atoms with Gasteiger partial charge in [0.25, 0.3) is 0 Å². The van der Waals surface area contributed by atoms with Gasteiger partial charge in [-0.2, -0.15) is 0 Å². The molecule has 2 amide bonds. The molecule has 0 saturated carbocycles. The number of hydrogen-bond acceptors (Lipinski definition) is 7. The van der Waals surface area contributed by atoms with Gasteiger partial charge in [-0.05, 0) is 30.3 Å². The quantitative estimate of drug-likeness (QED) is 0.268. The molecule has 3 aromatic heterocycles. The molecule has 0 bridgehead atoms. The van der Waals surface area contributed by atoms with Crippen molar-refractivity contribution in [2.75, 3.05) is 11.5 Å². The van der Waals surface area contributed by atoms with E-state index in [1.54, 1.807) is 53.5 Å². The third kappa shape index (κ3) is 5.24. The summed E-state index contributed by atoms with van der Waals surface area (Å²) in [4.78, 5) is 35.0. The van der Waals surface area contributed by atoms with Gasteiger partial charge in [-0.1, -0.05) is 18.2 Å². The summed E-state index contributed by atoms with van der Waals surface area (Å²) in [6.45, 7) is 0.449. The van der Waals surface area contributed by atoms with E-state index < -0.39 is 24.1 Å². The van der Waals surface area contributed by atoms with Crippen LogP contribution in [-0.4, -0.2) is 38.1 Å². The van der Waals surface area contributed by atoms with Gasteiger partial charge in [0.1, 0.15) is 12.2 Å². The summed E-state index contributed by atoms with van der Waals surface area (Å²) < 4.78 is 23.7. The van der Waals surface area contributed by atoms with E-state index in [0.717, 1.165) is 10.6 Å². The predicted octanol–water partition coefficient (Wildman–Crippen LogP) is 4.62. The second kappa shape index (κ2) is 10.8. The van der Waals surface area contributed by atoms with Crippen LogP contribution in [0.3, 0.4) is 0 Å². The Hall–Kier alpha value is -4.61. The number of benzene rings is 2. The van der Waals surface area contributed by atoms with Crippen LogP contribution in [0.4, 0.5) is 15.8 Å². The number of aromatic nitrogens is 3. The summed E-state index contributed by atoms with van der Waals surface area (Å²) in [5.41, 5.74) is 7.32. The number of halogens is 1. The average molecular weight is 532 g/mol. The SMILES string of the molecule is NC(=O)CC(=O)N(c1ccccc1)c1ccc(Oc2ccnc3cc(-c4cn(CCO)cn4)sc23)c(F)c1. The maximum Gasteiger partial charge on any atom is 0.240 e. The number of primary amides is 1. The molecule has 3 N–H and O–H groups in total. The fourth-order valence-electron chi connectivity index (χ4n) is 3.92. The Morgan fingerprint density at radius 3 is 2.61 bits per heavy atom. The molecule has 0 spiro atoms. The second-order valence-corrected chi connectivity index (χ2v) is 9.33. The fourth-order valence-corrected chi connectivity index (χ4v) is 4.95. The molecule has 0 radical (unpaired) electrons. The first-order valence-corrected chi connectivity index (χ1v) is 12.4. The van der Waals surface area contributed by atoms with Gasteiger partial charge in [-0.15, -0.1) is 11.3 Å². The van der Waals surface area contributed by atoms with Crippen molar-refractivity contribution in [1.82, 2.24) is 14.5 Å². The van der Waals surface area contributed by atoms with Gasteiger partial charge >= 0.3 is 0 Å². The lowest BCUT2D eigenvalue weighted by Gasteiger charge is -2.23. The molecule has 5 rings (SSSR count). The van der Waals surface area contributed by atoms with Crippen molar-refractivity contribution < 1.29 is 23.8 Å². The Labute approximate surface area is 220 Å². The van der Waals surface area contributed by atoms with Gasteiger partial charge in [0.2, 0.25) is 11.8 Å². The van der Waals surface area contributed by atoms with Crippen LogP contribution < -0.4 is 15.4 Å². The van der Waals surface area contributed by atoms with Gasteiger partial charge in [0.15, 0.2) is 11.6 Å². The number of imidazole rings is 1. The normalized spacial score (nSPS) is 11.0. The number of fused-ring (bicyclic) bond motifs is 1. The number of aliphatic hydroxyl groups excluding tert-OH is 1. The van der Waals surface area contributed by atoms with Crippen molar-refractivity contribution in [2.24, 2.45) is 5.73 Å². The lowest BCUT2D eigenvalue weighted by Crippen LogP contribution is -2.30. The maximum atomic E-state index is 15.3. The Bertz CT molecular complexity index is 1620. The van der Waals surface area contributed by atoms with Crippen molar-refractivity contribution in [3.63, 3.8) is 0 Å². The molecule has 9 nitrogen and oxygen atoms in total. The molecule has 0 atom stereocenters. The summed E-state index contributed by atoms with van der Waals surface area (Å²) in [5, 5.41) is 9.14. The highest BCUT2D eigenvalue weighted by Gasteiger charge is 2.22. The van der Waals surface area contributed by atoms with E-state index in [9.17, 15) is 9.59 Å². The highest BCUT2D eigenvalue weighted by molar-refractivity contribution is 7.22. The summed E-state index contributed by atoms with van der Waals surface area (Å²) in [7, 11) is 0. The van der Waals surface area contributed by atoms with E-state index in [2.05, 4.69) is 9.97 Å². The van der Waals surface area contributed by atoms with Crippen molar-refractivity contribution in [1.29, 1.82) is 0 Å². The zero-order chi connectivity index (χ0) is 26.6. The number of nitrogens with two attached hydrogens (primary N) is 1. The lowest BCUT2D eigenvalue weighted by molar-refractivity contribution is -0.125. The number of thiophene rings is 1. The zero-order valence-corrected chi connectivity index (χ0v) is 20.8. The first-order chi connectivity index (χ1) is 18.4. The standard InChI is InChI=1S/C27H22FN5O4S/c28-19-12-18(33(26(36)14-25(29)35)17-4-2-1-3-5-17)6-7-22(19)37-23-8-9-30-20-13-24(38-27(20)23)21-15-32(10-11-34)16-31-21/h1-9,12-13,15-16,34H,10-11,14H2,(H2,29,35). The molecule has 11 heteroatoms. The molecular weight excluding hydrogens is 509 g/mol. The third-order valence-corrected chi connectivity index (χ3v) is 6.76. The smallest absolute Gasteiger partial charge is 0.240 e. The summed E-state index contributed by atoms with van der Waals surface area (Å²) in [6.07, 6.45) is 4.52. The molecule has 0 aliphatic heterocycles. The zero-order valence-electron chi connectivity index (χ0n) is 20.0. The van der Waals surface area contributed by atoms with E-state index in [1.807, 2.05) is 12.3 Å². The van der Waals surface area contributed by atoms with Crippen LogP contribution in [0.1, 0.15) is 6.42 Å². The van der Waals surface area contributed by atoms with Crippen LogP contribution >= 0.6 is 11.3 Å². The van der Waals surface area contributed by atoms with Gasteiger partial charge in [-0.25, -0.2) is 9.37 Å². The minimum atomic E-state index is -0.784. The van der Waals surface area contributed by atoms with E-state index >= 15 is 4.39 Å². The average Bonchev–Trinajstić information content (AvgIpc) is 3.54. The largest absolute Gasteiger partial charge is 0.453 e. The Morgan fingerprint density at radius 2 is 1.87 bits per heavy atom. The summed E-state index contributed by atoms with van der Waals surface area (Å²) in [5.74, 6) is -1.69. The number of carbonyl (C=O) groups is 2. The summed E-state index contributed by atoms with van der Waals surface area (Å²) in [6, 6.07) is 16.3. The molecule has 192 valence electrons. The van der Waals surface area contributed by atoms with Crippen LogP contribution in [-0.2, 0) is 16.1 Å². The number of hydrogen-bond donors (Lipinski definition) is 2. The minimum absolute atomic E-state index is 0.00846. The molecule has 5 aromatic rings. The molecule has 0 saturated heterocycles. The lowest BCUT2D eigenvalue weighted by atomic mass is 10.2.